The van der Waals surface area contributed by atoms with Crippen LogP contribution in [0.2, 0.25) is 0 Å². The van der Waals surface area contributed by atoms with E-state index >= 15 is 0 Å². The predicted molar refractivity (Wildman–Crippen MR) is 93.5 cm³/mol. The third-order valence-corrected chi connectivity index (χ3v) is 4.37. The van der Waals surface area contributed by atoms with Crippen molar-refractivity contribution in [3.8, 4) is 0 Å². The molecule has 1 amide bonds. The van der Waals surface area contributed by atoms with E-state index in [2.05, 4.69) is 26.3 Å². The Bertz CT molecular complexity index is 950. The maximum Gasteiger partial charge on any atom is 0.246 e. The van der Waals surface area contributed by atoms with Crippen molar-refractivity contribution in [3.05, 3.63) is 68.9 Å². The first kappa shape index (κ1) is 15.4. The minimum atomic E-state index is -0.206. The van der Waals surface area contributed by atoms with E-state index in [-0.39, 0.29) is 17.9 Å². The molecule has 0 radical (unpaired) electrons. The maximum absolute atomic E-state index is 12.2. The number of hydrogen-bond donors (Lipinski definition) is 1. The molecule has 1 aromatic heterocycles. The molecule has 0 bridgehead atoms. The number of aromatic nitrogens is 2. The predicted octanol–water partition coefficient (Wildman–Crippen LogP) is 3.11. The number of aryl methyl sites for hydroxylation is 1. The maximum atomic E-state index is 12.2. The van der Waals surface area contributed by atoms with E-state index in [1.807, 2.05) is 31.2 Å². The van der Waals surface area contributed by atoms with E-state index in [4.69, 9.17) is 0 Å². The molecule has 1 N–H and O–H groups in total. The highest BCUT2D eigenvalue weighted by molar-refractivity contribution is 9.10. The minimum absolute atomic E-state index is 0.0340. The molecule has 23 heavy (non-hydrogen) atoms. The summed E-state index contributed by atoms with van der Waals surface area (Å²) in [5.74, 6) is -0.206. The van der Waals surface area contributed by atoms with Gasteiger partial charge in [0.1, 0.15) is 6.54 Å². The lowest BCUT2D eigenvalue weighted by Crippen LogP contribution is -2.22. The number of nitrogens with one attached hydrogen (secondary N) is 1. The number of hydrogen-bond acceptors (Lipinski definition) is 3. The summed E-state index contributed by atoms with van der Waals surface area (Å²) in [5.41, 5.74) is 2.29. The van der Waals surface area contributed by atoms with Gasteiger partial charge < -0.3 is 5.32 Å². The van der Waals surface area contributed by atoms with E-state index < -0.39 is 0 Å². The molecule has 3 aromatic rings. The lowest BCUT2D eigenvalue weighted by Gasteiger charge is -2.10. The number of halogens is 1. The zero-order chi connectivity index (χ0) is 16.4. The Balaban J connectivity index is 1.84. The summed E-state index contributed by atoms with van der Waals surface area (Å²) in [6, 6.07) is 12.7. The van der Waals surface area contributed by atoms with Gasteiger partial charge in [-0.3, -0.25) is 14.3 Å². The summed E-state index contributed by atoms with van der Waals surface area (Å²) in [6.07, 6.45) is 1.23. The van der Waals surface area contributed by atoms with Crippen molar-refractivity contribution in [1.29, 1.82) is 0 Å². The number of para-hydroxylation sites is 1. The number of rotatable bonds is 3. The van der Waals surface area contributed by atoms with Crippen LogP contribution in [-0.2, 0) is 11.3 Å². The van der Waals surface area contributed by atoms with Crippen LogP contribution >= 0.6 is 15.9 Å². The van der Waals surface area contributed by atoms with Gasteiger partial charge in [-0.2, -0.15) is 5.10 Å². The van der Waals surface area contributed by atoms with Crippen LogP contribution in [0.25, 0.3) is 10.9 Å². The quantitative estimate of drug-likeness (QED) is 0.769. The van der Waals surface area contributed by atoms with Gasteiger partial charge in [0, 0.05) is 15.5 Å². The molecule has 0 saturated heterocycles. The van der Waals surface area contributed by atoms with Gasteiger partial charge in [0.05, 0.1) is 11.7 Å². The number of amides is 1. The van der Waals surface area contributed by atoms with Crippen molar-refractivity contribution in [2.45, 2.75) is 13.5 Å². The molecule has 0 fully saturated rings. The topological polar surface area (TPSA) is 64.0 Å². The summed E-state index contributed by atoms with van der Waals surface area (Å²) in [6.45, 7) is 2.01. The van der Waals surface area contributed by atoms with E-state index in [0.29, 0.717) is 16.6 Å². The molecular formula is C17H14BrN3O2. The standard InChI is InChI=1S/C17H14BrN3O2/c1-11-6-7-12(8-14(11)18)20-17(23)10-21-15-5-3-2-4-13(15)16(22)9-19-21/h2-9H,10H2,1H3,(H,20,23). The third kappa shape index (κ3) is 3.32. The van der Waals surface area contributed by atoms with Crippen molar-refractivity contribution in [3.63, 3.8) is 0 Å². The van der Waals surface area contributed by atoms with Crippen LogP contribution in [0, 0.1) is 6.92 Å². The number of carbonyl (C=O) groups is 1. The zero-order valence-corrected chi connectivity index (χ0v) is 14.0. The fourth-order valence-corrected chi connectivity index (χ4v) is 2.67. The van der Waals surface area contributed by atoms with Crippen LogP contribution in [0.5, 0.6) is 0 Å². The Hall–Kier alpha value is -2.47. The fraction of sp³-hybridized carbons (Fsp3) is 0.118. The summed E-state index contributed by atoms with van der Waals surface area (Å²) < 4.78 is 2.46. The Labute approximate surface area is 141 Å². The van der Waals surface area contributed by atoms with Gasteiger partial charge in [-0.05, 0) is 36.8 Å². The lowest BCUT2D eigenvalue weighted by atomic mass is 10.2. The largest absolute Gasteiger partial charge is 0.324 e. The highest BCUT2D eigenvalue weighted by Crippen LogP contribution is 2.20. The van der Waals surface area contributed by atoms with Crippen molar-refractivity contribution >= 4 is 38.4 Å². The molecule has 0 aliphatic carbocycles. The lowest BCUT2D eigenvalue weighted by molar-refractivity contribution is -0.116. The van der Waals surface area contributed by atoms with Crippen molar-refractivity contribution < 1.29 is 4.79 Å². The highest BCUT2D eigenvalue weighted by atomic mass is 79.9. The van der Waals surface area contributed by atoms with Gasteiger partial charge in [0.15, 0.2) is 0 Å². The second kappa shape index (κ2) is 6.34. The molecule has 6 heteroatoms. The second-order valence-electron chi connectivity index (χ2n) is 5.20. The molecule has 1 heterocycles. The first-order valence-corrected chi connectivity index (χ1v) is 7.85. The summed E-state index contributed by atoms with van der Waals surface area (Å²) in [4.78, 5) is 24.0. The molecule has 0 unspecified atom stereocenters. The zero-order valence-electron chi connectivity index (χ0n) is 12.4. The normalized spacial score (nSPS) is 10.7. The van der Waals surface area contributed by atoms with Crippen LogP contribution in [0.1, 0.15) is 5.56 Å². The molecule has 0 aliphatic heterocycles. The van der Waals surface area contributed by atoms with Gasteiger partial charge in [-0.25, -0.2) is 0 Å². The molecule has 0 aliphatic rings. The third-order valence-electron chi connectivity index (χ3n) is 3.51. The van der Waals surface area contributed by atoms with Crippen LogP contribution < -0.4 is 10.7 Å². The SMILES string of the molecule is Cc1ccc(NC(=O)Cn2ncc(=O)c3ccccc32)cc1Br. The van der Waals surface area contributed by atoms with Gasteiger partial charge in [0.2, 0.25) is 11.3 Å². The van der Waals surface area contributed by atoms with Crippen LogP contribution in [0.15, 0.2) is 57.9 Å². The summed E-state index contributed by atoms with van der Waals surface area (Å²) >= 11 is 3.44. The highest BCUT2D eigenvalue weighted by Gasteiger charge is 2.09. The van der Waals surface area contributed by atoms with Crippen LogP contribution in [0.3, 0.4) is 0 Å². The number of anilines is 1. The Morgan fingerprint density at radius 1 is 1.26 bits per heavy atom. The van der Waals surface area contributed by atoms with Crippen molar-refractivity contribution in [2.24, 2.45) is 0 Å². The number of nitrogens with zero attached hydrogens (tertiary/aromatic N) is 2. The molecule has 5 nitrogen and oxygen atoms in total. The molecule has 0 spiro atoms. The van der Waals surface area contributed by atoms with Crippen molar-refractivity contribution in [2.75, 3.05) is 5.32 Å². The minimum Gasteiger partial charge on any atom is -0.324 e. The molecule has 116 valence electrons. The van der Waals surface area contributed by atoms with Gasteiger partial charge in [-0.15, -0.1) is 0 Å². The molecule has 3 rings (SSSR count). The van der Waals surface area contributed by atoms with Crippen LogP contribution in [-0.4, -0.2) is 15.7 Å². The fourth-order valence-electron chi connectivity index (χ4n) is 2.29. The molecule has 0 saturated carbocycles. The average molecular weight is 372 g/mol. The Morgan fingerprint density at radius 3 is 2.83 bits per heavy atom. The second-order valence-corrected chi connectivity index (χ2v) is 6.05. The van der Waals surface area contributed by atoms with E-state index in [9.17, 15) is 9.59 Å². The monoisotopic (exact) mass is 371 g/mol. The Morgan fingerprint density at radius 2 is 2.04 bits per heavy atom. The molecule has 0 atom stereocenters. The van der Waals surface area contributed by atoms with Gasteiger partial charge in [0.25, 0.3) is 0 Å². The van der Waals surface area contributed by atoms with Gasteiger partial charge >= 0.3 is 0 Å². The van der Waals surface area contributed by atoms with Crippen molar-refractivity contribution in [1.82, 2.24) is 9.78 Å². The van der Waals surface area contributed by atoms with E-state index in [1.54, 1.807) is 18.2 Å². The van der Waals surface area contributed by atoms with E-state index in [0.717, 1.165) is 10.0 Å². The van der Waals surface area contributed by atoms with Gasteiger partial charge in [-0.1, -0.05) is 34.1 Å². The number of benzene rings is 2. The summed E-state index contributed by atoms with van der Waals surface area (Å²) in [7, 11) is 0. The summed E-state index contributed by atoms with van der Waals surface area (Å²) in [5, 5.41) is 7.43. The van der Waals surface area contributed by atoms with Crippen LogP contribution in [0.4, 0.5) is 5.69 Å². The molecule has 2 aromatic carbocycles. The van der Waals surface area contributed by atoms with E-state index in [1.165, 1.54) is 10.9 Å². The Kier molecular flexibility index (Phi) is 4.25. The average Bonchev–Trinajstić information content (AvgIpc) is 2.54. The molecular weight excluding hydrogens is 358 g/mol. The first-order valence-electron chi connectivity index (χ1n) is 7.05. The first-order chi connectivity index (χ1) is 11.0. The smallest absolute Gasteiger partial charge is 0.246 e. The number of carbonyl (C=O) groups excluding carboxylic acids is 1. The number of fused-ring (bicyclic) bond motifs is 1.